The molecule has 0 bridgehead atoms. The molecule has 1 fully saturated rings. The normalized spacial score (nSPS) is 24.0. The first-order valence-electron chi connectivity index (χ1n) is 8.43. The van der Waals surface area contributed by atoms with E-state index in [2.05, 4.69) is 6.92 Å². The first-order chi connectivity index (χ1) is 10.0. The summed E-state index contributed by atoms with van der Waals surface area (Å²) in [7, 11) is 0. The molecule has 0 amide bonds. The second-order valence-corrected chi connectivity index (χ2v) is 7.25. The van der Waals surface area contributed by atoms with Crippen LogP contribution in [0.4, 0.5) is 4.39 Å². The quantitative estimate of drug-likeness (QED) is 0.529. The van der Waals surface area contributed by atoms with E-state index in [9.17, 15) is 4.39 Å². The van der Waals surface area contributed by atoms with E-state index in [4.69, 9.17) is 11.6 Å². The molecular formula is C19H28ClF. The summed E-state index contributed by atoms with van der Waals surface area (Å²) >= 11 is 6.78. The molecule has 21 heavy (non-hydrogen) atoms. The Morgan fingerprint density at radius 1 is 1.14 bits per heavy atom. The van der Waals surface area contributed by atoms with Crippen LogP contribution < -0.4 is 0 Å². The fourth-order valence-corrected chi connectivity index (χ4v) is 4.45. The minimum Gasteiger partial charge on any atom is -0.207 e. The van der Waals surface area contributed by atoms with Crippen LogP contribution in [0.3, 0.4) is 0 Å². The number of hydrogen-bond acceptors (Lipinski definition) is 0. The Labute approximate surface area is 134 Å². The van der Waals surface area contributed by atoms with Crippen molar-refractivity contribution in [3.05, 3.63) is 34.6 Å². The summed E-state index contributed by atoms with van der Waals surface area (Å²) in [5.41, 5.74) is 3.16. The summed E-state index contributed by atoms with van der Waals surface area (Å²) in [6.45, 7) is 6.22. The minimum absolute atomic E-state index is 0.0396. The van der Waals surface area contributed by atoms with Crippen LogP contribution in [-0.4, -0.2) is 0 Å². The maximum absolute atomic E-state index is 13.4. The van der Waals surface area contributed by atoms with Gasteiger partial charge in [0.1, 0.15) is 5.82 Å². The summed E-state index contributed by atoms with van der Waals surface area (Å²) in [5.74, 6) is 1.30. The monoisotopic (exact) mass is 310 g/mol. The van der Waals surface area contributed by atoms with Gasteiger partial charge in [-0.15, -0.1) is 11.6 Å². The topological polar surface area (TPSA) is 0 Å². The van der Waals surface area contributed by atoms with Crippen molar-refractivity contribution in [3.63, 3.8) is 0 Å². The molecule has 0 heterocycles. The second-order valence-electron chi connectivity index (χ2n) is 6.78. The summed E-state index contributed by atoms with van der Waals surface area (Å²) in [4.78, 5) is 0. The molecule has 0 aliphatic heterocycles. The second kappa shape index (κ2) is 7.63. The van der Waals surface area contributed by atoms with Gasteiger partial charge in [-0.3, -0.25) is 0 Å². The molecule has 0 aromatic heterocycles. The predicted octanol–water partition coefficient (Wildman–Crippen LogP) is 6.72. The van der Waals surface area contributed by atoms with Gasteiger partial charge in [0, 0.05) is 0 Å². The van der Waals surface area contributed by atoms with E-state index in [0.29, 0.717) is 5.92 Å². The summed E-state index contributed by atoms with van der Waals surface area (Å²) < 4.78 is 13.4. The molecule has 2 rings (SSSR count). The van der Waals surface area contributed by atoms with Crippen molar-refractivity contribution in [1.82, 2.24) is 0 Å². The van der Waals surface area contributed by atoms with Gasteiger partial charge in [0.25, 0.3) is 0 Å². The smallest absolute Gasteiger partial charge is 0.123 e. The zero-order chi connectivity index (χ0) is 15.4. The number of hydrogen-bond donors (Lipinski definition) is 0. The summed E-state index contributed by atoms with van der Waals surface area (Å²) in [6.07, 6.45) is 9.10. The van der Waals surface area contributed by atoms with Gasteiger partial charge in [0.15, 0.2) is 0 Å². The first kappa shape index (κ1) is 16.8. The molecular weight excluding hydrogens is 283 g/mol. The lowest BCUT2D eigenvalue weighted by Gasteiger charge is -2.32. The van der Waals surface area contributed by atoms with Gasteiger partial charge in [-0.25, -0.2) is 4.39 Å². The van der Waals surface area contributed by atoms with Crippen molar-refractivity contribution in [1.29, 1.82) is 0 Å². The Morgan fingerprint density at radius 2 is 1.71 bits per heavy atom. The van der Waals surface area contributed by atoms with Crippen LogP contribution in [0.25, 0.3) is 0 Å². The van der Waals surface area contributed by atoms with E-state index >= 15 is 0 Å². The lowest BCUT2D eigenvalue weighted by molar-refractivity contribution is 0.254. The zero-order valence-electron chi connectivity index (χ0n) is 13.6. The molecule has 2 heteroatoms. The molecule has 0 nitrogen and oxygen atoms in total. The van der Waals surface area contributed by atoms with Crippen molar-refractivity contribution in [3.8, 4) is 0 Å². The average molecular weight is 311 g/mol. The maximum Gasteiger partial charge on any atom is 0.123 e. The largest absolute Gasteiger partial charge is 0.207 e. The number of aryl methyl sites for hydroxylation is 2. The van der Waals surface area contributed by atoms with Crippen LogP contribution in [-0.2, 0) is 0 Å². The molecule has 1 aliphatic carbocycles. The molecule has 118 valence electrons. The lowest BCUT2D eigenvalue weighted by atomic mass is 9.76. The molecule has 1 aliphatic rings. The minimum atomic E-state index is -0.152. The van der Waals surface area contributed by atoms with Gasteiger partial charge in [-0.05, 0) is 67.3 Å². The van der Waals surface area contributed by atoms with Crippen molar-refractivity contribution in [2.45, 2.75) is 71.1 Å². The number of alkyl halides is 1. The third kappa shape index (κ3) is 4.22. The Morgan fingerprint density at radius 3 is 2.24 bits per heavy atom. The fourth-order valence-electron chi connectivity index (χ4n) is 3.85. The van der Waals surface area contributed by atoms with E-state index in [1.165, 1.54) is 44.9 Å². The molecule has 1 atom stereocenters. The number of unbranched alkanes of at least 4 members (excludes halogenated alkanes) is 1. The van der Waals surface area contributed by atoms with Crippen molar-refractivity contribution in [2.24, 2.45) is 11.8 Å². The summed E-state index contributed by atoms with van der Waals surface area (Å²) in [5, 5.41) is 0.0396. The molecule has 1 aromatic carbocycles. The van der Waals surface area contributed by atoms with Crippen LogP contribution >= 0.6 is 11.6 Å². The summed E-state index contributed by atoms with van der Waals surface area (Å²) in [6, 6.07) is 3.23. The van der Waals surface area contributed by atoms with Gasteiger partial charge in [0.05, 0.1) is 5.38 Å². The highest BCUT2D eigenvalue weighted by molar-refractivity contribution is 6.21. The predicted molar refractivity (Wildman–Crippen MR) is 89.4 cm³/mol. The number of halogens is 2. The first-order valence-corrected chi connectivity index (χ1v) is 8.87. The third-order valence-corrected chi connectivity index (χ3v) is 5.68. The van der Waals surface area contributed by atoms with Gasteiger partial charge in [-0.1, -0.05) is 39.0 Å². The van der Waals surface area contributed by atoms with E-state index in [0.717, 1.165) is 22.6 Å². The molecule has 1 aromatic rings. The Hall–Kier alpha value is -0.560. The van der Waals surface area contributed by atoms with E-state index < -0.39 is 0 Å². The standard InChI is InChI=1S/C19H28ClF/c1-4-5-6-15-7-9-16(10-8-15)19(20)18-13(2)11-17(21)12-14(18)3/h11-12,15-16,19H,4-10H2,1-3H3. The Bertz CT molecular complexity index is 438. The Kier molecular flexibility index (Phi) is 6.10. The van der Waals surface area contributed by atoms with Gasteiger partial charge < -0.3 is 0 Å². The fraction of sp³-hybridized carbons (Fsp3) is 0.684. The van der Waals surface area contributed by atoms with Gasteiger partial charge >= 0.3 is 0 Å². The molecule has 1 unspecified atom stereocenters. The van der Waals surface area contributed by atoms with Gasteiger partial charge in [-0.2, -0.15) is 0 Å². The van der Waals surface area contributed by atoms with Crippen LogP contribution in [0.15, 0.2) is 12.1 Å². The van der Waals surface area contributed by atoms with E-state index in [-0.39, 0.29) is 11.2 Å². The number of rotatable bonds is 5. The highest BCUT2D eigenvalue weighted by atomic mass is 35.5. The lowest BCUT2D eigenvalue weighted by Crippen LogP contribution is -2.19. The van der Waals surface area contributed by atoms with Crippen molar-refractivity contribution < 1.29 is 4.39 Å². The molecule has 0 spiro atoms. The Balaban J connectivity index is 2.00. The highest BCUT2D eigenvalue weighted by Crippen LogP contribution is 2.43. The highest BCUT2D eigenvalue weighted by Gasteiger charge is 2.28. The van der Waals surface area contributed by atoms with Crippen LogP contribution in [0, 0.1) is 31.5 Å². The average Bonchev–Trinajstić information content (AvgIpc) is 2.44. The van der Waals surface area contributed by atoms with E-state index in [1.54, 1.807) is 12.1 Å². The van der Waals surface area contributed by atoms with Crippen LogP contribution in [0.2, 0.25) is 0 Å². The van der Waals surface area contributed by atoms with Gasteiger partial charge in [0.2, 0.25) is 0 Å². The maximum atomic E-state index is 13.4. The van der Waals surface area contributed by atoms with Crippen molar-refractivity contribution >= 4 is 11.6 Å². The molecule has 0 radical (unpaired) electrons. The molecule has 0 saturated heterocycles. The third-order valence-electron chi connectivity index (χ3n) is 5.11. The zero-order valence-corrected chi connectivity index (χ0v) is 14.3. The van der Waals surface area contributed by atoms with Crippen LogP contribution in [0.1, 0.15) is 73.9 Å². The molecule has 0 N–H and O–H groups in total. The SMILES string of the molecule is CCCCC1CCC(C(Cl)c2c(C)cc(F)cc2C)CC1. The van der Waals surface area contributed by atoms with E-state index in [1.807, 2.05) is 13.8 Å². The number of benzene rings is 1. The van der Waals surface area contributed by atoms with Crippen LogP contribution in [0.5, 0.6) is 0 Å². The van der Waals surface area contributed by atoms with Crippen molar-refractivity contribution in [2.75, 3.05) is 0 Å². The molecule has 1 saturated carbocycles.